The lowest BCUT2D eigenvalue weighted by Crippen LogP contribution is -2.23. The highest BCUT2D eigenvalue weighted by molar-refractivity contribution is 5.84. The van der Waals surface area contributed by atoms with E-state index in [1.165, 1.54) is 0 Å². The van der Waals surface area contributed by atoms with Gasteiger partial charge in [-0.05, 0) is 25.1 Å². The molecule has 0 amide bonds. The number of benzene rings is 1. The Bertz CT molecular complexity index is 672. The van der Waals surface area contributed by atoms with Crippen LogP contribution < -0.4 is 4.74 Å². The number of para-hydroxylation sites is 1. The first-order valence-corrected chi connectivity index (χ1v) is 7.05. The van der Waals surface area contributed by atoms with Crippen molar-refractivity contribution < 1.29 is 14.6 Å². The molecule has 0 saturated carbocycles. The van der Waals surface area contributed by atoms with Gasteiger partial charge >= 0.3 is 5.97 Å². The summed E-state index contributed by atoms with van der Waals surface area (Å²) in [6.45, 7) is 2.08. The number of carboxylic acids is 1. The number of pyridine rings is 1. The molecule has 21 heavy (non-hydrogen) atoms. The summed E-state index contributed by atoms with van der Waals surface area (Å²) in [5.74, 6) is -0.190. The molecule has 1 N–H and O–H groups in total. The van der Waals surface area contributed by atoms with Gasteiger partial charge in [0.1, 0.15) is 11.3 Å². The third-order valence-corrected chi connectivity index (χ3v) is 3.97. The predicted octanol–water partition coefficient (Wildman–Crippen LogP) is 2.15. The van der Waals surface area contributed by atoms with Crippen LogP contribution in [0, 0.1) is 5.92 Å². The highest BCUT2D eigenvalue weighted by Gasteiger charge is 2.27. The minimum absolute atomic E-state index is 0.250. The highest BCUT2D eigenvalue weighted by atomic mass is 16.5. The monoisotopic (exact) mass is 286 g/mol. The molecule has 5 heteroatoms. The van der Waals surface area contributed by atoms with Crippen LogP contribution in [0.3, 0.4) is 0 Å². The van der Waals surface area contributed by atoms with E-state index < -0.39 is 5.97 Å². The predicted molar refractivity (Wildman–Crippen MR) is 79.3 cm³/mol. The standard InChI is InChI=1S/C16H18N2O3/c1-21-14-4-2-3-11-5-6-13(17-15(11)14)10-18-8-7-12(9-18)16(19)20/h2-6,12H,7-10H2,1H3,(H,19,20). The molecule has 3 rings (SSSR count). The van der Waals surface area contributed by atoms with Gasteiger partial charge in [0, 0.05) is 18.5 Å². The zero-order valence-corrected chi connectivity index (χ0v) is 12.0. The van der Waals surface area contributed by atoms with E-state index in [1.54, 1.807) is 7.11 Å². The van der Waals surface area contributed by atoms with Crippen LogP contribution in [0.5, 0.6) is 5.75 Å². The van der Waals surface area contributed by atoms with Gasteiger partial charge in [-0.1, -0.05) is 18.2 Å². The molecule has 0 radical (unpaired) electrons. The Hall–Kier alpha value is -2.14. The topological polar surface area (TPSA) is 62.7 Å². The molecule has 2 heterocycles. The molecular formula is C16H18N2O3. The number of hydrogen-bond donors (Lipinski definition) is 1. The number of methoxy groups -OCH3 is 1. The lowest BCUT2D eigenvalue weighted by Gasteiger charge is -2.15. The second-order valence-corrected chi connectivity index (χ2v) is 5.39. The van der Waals surface area contributed by atoms with E-state index in [9.17, 15) is 4.79 Å². The highest BCUT2D eigenvalue weighted by Crippen LogP contribution is 2.25. The summed E-state index contributed by atoms with van der Waals surface area (Å²) in [6, 6.07) is 9.88. The van der Waals surface area contributed by atoms with Gasteiger partial charge in [-0.3, -0.25) is 9.69 Å². The molecular weight excluding hydrogens is 268 g/mol. The molecule has 110 valence electrons. The number of carboxylic acid groups (broad SMARTS) is 1. The van der Waals surface area contributed by atoms with Crippen molar-refractivity contribution in [3.63, 3.8) is 0 Å². The van der Waals surface area contributed by atoms with Crippen LogP contribution in [0.25, 0.3) is 10.9 Å². The van der Waals surface area contributed by atoms with Crippen LogP contribution >= 0.6 is 0 Å². The third-order valence-electron chi connectivity index (χ3n) is 3.97. The Balaban J connectivity index is 1.80. The van der Waals surface area contributed by atoms with Crippen LogP contribution in [0.1, 0.15) is 12.1 Å². The summed E-state index contributed by atoms with van der Waals surface area (Å²) in [4.78, 5) is 17.8. The van der Waals surface area contributed by atoms with Crippen molar-refractivity contribution in [2.45, 2.75) is 13.0 Å². The minimum atomic E-state index is -0.703. The van der Waals surface area contributed by atoms with Crippen LogP contribution in [0.2, 0.25) is 0 Å². The molecule has 1 atom stereocenters. The lowest BCUT2D eigenvalue weighted by molar-refractivity contribution is -0.141. The molecule has 2 aromatic rings. The summed E-state index contributed by atoms with van der Waals surface area (Å²) in [5.41, 5.74) is 1.80. The fourth-order valence-electron chi connectivity index (χ4n) is 2.82. The SMILES string of the molecule is COc1cccc2ccc(CN3CCC(C(=O)O)C3)nc12. The number of hydrogen-bond acceptors (Lipinski definition) is 4. The van der Waals surface area contributed by atoms with Crippen LogP contribution in [0.4, 0.5) is 0 Å². The molecule has 0 bridgehead atoms. The molecule has 1 aromatic heterocycles. The normalized spacial score (nSPS) is 19.0. The maximum atomic E-state index is 11.0. The maximum Gasteiger partial charge on any atom is 0.307 e. The van der Waals surface area contributed by atoms with Gasteiger partial charge in [0.2, 0.25) is 0 Å². The average Bonchev–Trinajstić information content (AvgIpc) is 2.95. The van der Waals surface area contributed by atoms with E-state index in [-0.39, 0.29) is 5.92 Å². The summed E-state index contributed by atoms with van der Waals surface area (Å²) in [6.07, 6.45) is 0.715. The van der Waals surface area contributed by atoms with Gasteiger partial charge in [0.25, 0.3) is 0 Å². The summed E-state index contributed by atoms with van der Waals surface area (Å²) < 4.78 is 5.35. The molecule has 1 saturated heterocycles. The number of fused-ring (bicyclic) bond motifs is 1. The van der Waals surface area contributed by atoms with Crippen molar-refractivity contribution in [3.8, 4) is 5.75 Å². The van der Waals surface area contributed by atoms with Crippen molar-refractivity contribution in [1.29, 1.82) is 0 Å². The molecule has 1 aliphatic rings. The zero-order chi connectivity index (χ0) is 14.8. The number of aromatic nitrogens is 1. The minimum Gasteiger partial charge on any atom is -0.494 e. The second-order valence-electron chi connectivity index (χ2n) is 5.39. The van der Waals surface area contributed by atoms with Crippen LogP contribution in [0.15, 0.2) is 30.3 Å². The quantitative estimate of drug-likeness (QED) is 0.933. The number of carbonyl (C=O) groups is 1. The van der Waals surface area contributed by atoms with Crippen molar-refractivity contribution >= 4 is 16.9 Å². The molecule has 1 aliphatic heterocycles. The Morgan fingerprint density at radius 3 is 3.00 bits per heavy atom. The summed E-state index contributed by atoms with van der Waals surface area (Å²) in [5, 5.41) is 10.1. The lowest BCUT2D eigenvalue weighted by atomic mass is 10.1. The molecule has 1 aromatic carbocycles. The van der Waals surface area contributed by atoms with Crippen molar-refractivity contribution in [3.05, 3.63) is 36.0 Å². The number of rotatable bonds is 4. The molecule has 1 fully saturated rings. The Morgan fingerprint density at radius 2 is 2.29 bits per heavy atom. The summed E-state index contributed by atoms with van der Waals surface area (Å²) in [7, 11) is 1.64. The van der Waals surface area contributed by atoms with E-state index in [4.69, 9.17) is 9.84 Å². The summed E-state index contributed by atoms with van der Waals surface area (Å²) >= 11 is 0. The van der Waals surface area contributed by atoms with Crippen LogP contribution in [-0.2, 0) is 11.3 Å². The largest absolute Gasteiger partial charge is 0.494 e. The Labute approximate surface area is 123 Å². The van der Waals surface area contributed by atoms with E-state index in [0.29, 0.717) is 19.5 Å². The Kier molecular flexibility index (Phi) is 3.75. The van der Waals surface area contributed by atoms with Gasteiger partial charge in [0.05, 0.1) is 18.7 Å². The van der Waals surface area contributed by atoms with E-state index in [2.05, 4.69) is 9.88 Å². The first-order chi connectivity index (χ1) is 10.2. The average molecular weight is 286 g/mol. The number of ether oxygens (including phenoxy) is 1. The van der Waals surface area contributed by atoms with Crippen molar-refractivity contribution in [1.82, 2.24) is 9.88 Å². The van der Waals surface area contributed by atoms with Gasteiger partial charge < -0.3 is 9.84 Å². The van der Waals surface area contributed by atoms with Crippen molar-refractivity contribution in [2.75, 3.05) is 20.2 Å². The fourth-order valence-corrected chi connectivity index (χ4v) is 2.82. The van der Waals surface area contributed by atoms with Gasteiger partial charge in [-0.2, -0.15) is 0 Å². The van der Waals surface area contributed by atoms with Gasteiger partial charge in [0.15, 0.2) is 0 Å². The second kappa shape index (κ2) is 5.69. The maximum absolute atomic E-state index is 11.0. The van der Waals surface area contributed by atoms with E-state index in [1.807, 2.05) is 30.3 Å². The molecule has 0 spiro atoms. The van der Waals surface area contributed by atoms with Gasteiger partial charge in [-0.15, -0.1) is 0 Å². The molecule has 5 nitrogen and oxygen atoms in total. The number of likely N-dealkylation sites (tertiary alicyclic amines) is 1. The smallest absolute Gasteiger partial charge is 0.307 e. The van der Waals surface area contributed by atoms with Crippen molar-refractivity contribution in [2.24, 2.45) is 5.92 Å². The number of nitrogens with zero attached hydrogens (tertiary/aromatic N) is 2. The van der Waals surface area contributed by atoms with Crippen LogP contribution in [-0.4, -0.2) is 41.2 Å². The number of aliphatic carboxylic acids is 1. The Morgan fingerprint density at radius 1 is 1.43 bits per heavy atom. The molecule has 1 unspecified atom stereocenters. The van der Waals surface area contributed by atoms with E-state index >= 15 is 0 Å². The first kappa shape index (κ1) is 13.8. The van der Waals surface area contributed by atoms with Gasteiger partial charge in [-0.25, -0.2) is 4.98 Å². The fraction of sp³-hybridized carbons (Fsp3) is 0.375. The van der Waals surface area contributed by atoms with E-state index in [0.717, 1.165) is 28.9 Å². The first-order valence-electron chi connectivity index (χ1n) is 7.05. The third kappa shape index (κ3) is 2.83. The molecule has 0 aliphatic carbocycles. The zero-order valence-electron chi connectivity index (χ0n) is 12.0.